The van der Waals surface area contributed by atoms with E-state index in [1.165, 1.54) is 4.90 Å². The summed E-state index contributed by atoms with van der Waals surface area (Å²) in [5.74, 6) is -0.956. The summed E-state index contributed by atoms with van der Waals surface area (Å²) in [6.45, 7) is 4.82. The van der Waals surface area contributed by atoms with Gasteiger partial charge in [0.25, 0.3) is 0 Å². The second-order valence-electron chi connectivity index (χ2n) is 4.58. The number of rotatable bonds is 3. The zero-order chi connectivity index (χ0) is 12.8. The highest BCUT2D eigenvalue weighted by Gasteiger charge is 2.26. The van der Waals surface area contributed by atoms with Crippen LogP contribution in [0.15, 0.2) is 0 Å². The largest absolute Gasteiger partial charge is 0.480 e. The van der Waals surface area contributed by atoms with Gasteiger partial charge in [-0.05, 0) is 26.7 Å². The third-order valence-electron chi connectivity index (χ3n) is 3.28. The molecule has 1 fully saturated rings. The van der Waals surface area contributed by atoms with Crippen LogP contribution in [0.1, 0.15) is 39.5 Å². The molecule has 0 aromatic rings. The Bertz CT molecular complexity index is 281. The summed E-state index contributed by atoms with van der Waals surface area (Å²) in [7, 11) is 0. The van der Waals surface area contributed by atoms with Gasteiger partial charge in [-0.2, -0.15) is 0 Å². The van der Waals surface area contributed by atoms with E-state index in [2.05, 4.69) is 0 Å². The molecule has 0 bridgehead atoms. The molecule has 2 amide bonds. The van der Waals surface area contributed by atoms with Crippen molar-refractivity contribution in [2.45, 2.75) is 45.6 Å². The third-order valence-corrected chi connectivity index (χ3v) is 3.28. The van der Waals surface area contributed by atoms with Crippen molar-refractivity contribution in [3.05, 3.63) is 0 Å². The average molecular weight is 242 g/mol. The Morgan fingerprint density at radius 2 is 2.06 bits per heavy atom. The number of hydrogen-bond donors (Lipinski definition) is 1. The fraction of sp³-hybridized carbons (Fsp3) is 0.833. The van der Waals surface area contributed by atoms with E-state index in [1.54, 1.807) is 0 Å². The molecular formula is C12H22N2O3. The molecule has 0 aromatic carbocycles. The Morgan fingerprint density at radius 3 is 2.65 bits per heavy atom. The summed E-state index contributed by atoms with van der Waals surface area (Å²) in [5.41, 5.74) is 0. The van der Waals surface area contributed by atoms with Crippen LogP contribution >= 0.6 is 0 Å². The first-order valence-corrected chi connectivity index (χ1v) is 6.33. The minimum absolute atomic E-state index is 0.135. The fourth-order valence-corrected chi connectivity index (χ4v) is 2.22. The number of carboxylic acid groups (broad SMARTS) is 1. The normalized spacial score (nSPS) is 20.8. The molecule has 0 spiro atoms. The van der Waals surface area contributed by atoms with E-state index < -0.39 is 5.97 Å². The van der Waals surface area contributed by atoms with Gasteiger partial charge in [-0.1, -0.05) is 12.8 Å². The highest BCUT2D eigenvalue weighted by molar-refractivity contribution is 5.80. The number of carbonyl (C=O) groups is 2. The van der Waals surface area contributed by atoms with Gasteiger partial charge in [-0.15, -0.1) is 0 Å². The molecule has 0 aromatic heterocycles. The molecule has 0 saturated carbocycles. The predicted octanol–water partition coefficient (Wildman–Crippen LogP) is 1.78. The number of urea groups is 1. The van der Waals surface area contributed by atoms with Gasteiger partial charge in [0.1, 0.15) is 6.54 Å². The van der Waals surface area contributed by atoms with E-state index in [4.69, 9.17) is 5.11 Å². The van der Waals surface area contributed by atoms with Crippen LogP contribution < -0.4 is 0 Å². The molecular weight excluding hydrogens is 220 g/mol. The van der Waals surface area contributed by atoms with E-state index in [-0.39, 0.29) is 18.6 Å². The van der Waals surface area contributed by atoms with Crippen LogP contribution in [-0.4, -0.2) is 52.6 Å². The Balaban J connectivity index is 2.67. The van der Waals surface area contributed by atoms with E-state index in [0.29, 0.717) is 6.54 Å². The van der Waals surface area contributed by atoms with Crippen molar-refractivity contribution in [3.63, 3.8) is 0 Å². The van der Waals surface area contributed by atoms with Crippen LogP contribution in [0.3, 0.4) is 0 Å². The van der Waals surface area contributed by atoms with Crippen LogP contribution in [0.25, 0.3) is 0 Å². The average Bonchev–Trinajstić information content (AvgIpc) is 2.49. The molecule has 1 saturated heterocycles. The maximum Gasteiger partial charge on any atom is 0.323 e. The Morgan fingerprint density at radius 1 is 1.35 bits per heavy atom. The van der Waals surface area contributed by atoms with Gasteiger partial charge >= 0.3 is 12.0 Å². The lowest BCUT2D eigenvalue weighted by molar-refractivity contribution is -0.137. The molecule has 5 nitrogen and oxygen atoms in total. The second kappa shape index (κ2) is 6.47. The van der Waals surface area contributed by atoms with Crippen molar-refractivity contribution in [2.24, 2.45) is 0 Å². The van der Waals surface area contributed by atoms with Crippen LogP contribution in [0.2, 0.25) is 0 Å². The standard InChI is InChI=1S/C12H22N2O3/c1-3-13(9-11(15)16)12(17)14-8-6-4-5-7-10(14)2/h10H,3-9H2,1-2H3,(H,15,16). The predicted molar refractivity (Wildman–Crippen MR) is 64.9 cm³/mol. The van der Waals surface area contributed by atoms with Gasteiger partial charge in [0.15, 0.2) is 0 Å². The molecule has 98 valence electrons. The molecule has 5 heteroatoms. The SMILES string of the molecule is CCN(CC(=O)O)C(=O)N1CCCCCC1C. The van der Waals surface area contributed by atoms with Gasteiger partial charge < -0.3 is 14.9 Å². The number of amides is 2. The Kier molecular flexibility index (Phi) is 5.25. The zero-order valence-electron chi connectivity index (χ0n) is 10.7. The molecule has 1 N–H and O–H groups in total. The highest BCUT2D eigenvalue weighted by atomic mass is 16.4. The second-order valence-corrected chi connectivity index (χ2v) is 4.58. The Labute approximate surface area is 102 Å². The zero-order valence-corrected chi connectivity index (χ0v) is 10.7. The topological polar surface area (TPSA) is 60.9 Å². The number of aliphatic carboxylic acids is 1. The first kappa shape index (κ1) is 13.8. The van der Waals surface area contributed by atoms with E-state index in [9.17, 15) is 9.59 Å². The number of likely N-dealkylation sites (N-methyl/N-ethyl adjacent to an activating group) is 1. The van der Waals surface area contributed by atoms with Crippen molar-refractivity contribution in [1.29, 1.82) is 0 Å². The first-order valence-electron chi connectivity index (χ1n) is 6.33. The van der Waals surface area contributed by atoms with E-state index >= 15 is 0 Å². The number of nitrogens with zero attached hydrogens (tertiary/aromatic N) is 2. The van der Waals surface area contributed by atoms with Gasteiger partial charge in [-0.3, -0.25) is 4.79 Å². The molecule has 1 unspecified atom stereocenters. The van der Waals surface area contributed by atoms with Crippen LogP contribution in [-0.2, 0) is 4.79 Å². The summed E-state index contributed by atoms with van der Waals surface area (Å²) in [6.07, 6.45) is 4.33. The van der Waals surface area contributed by atoms with Gasteiger partial charge in [0.05, 0.1) is 0 Å². The van der Waals surface area contributed by atoms with Gasteiger partial charge in [-0.25, -0.2) is 4.79 Å². The van der Waals surface area contributed by atoms with Crippen LogP contribution in [0.4, 0.5) is 4.79 Å². The number of hydrogen-bond acceptors (Lipinski definition) is 2. The molecule has 17 heavy (non-hydrogen) atoms. The number of likely N-dealkylation sites (tertiary alicyclic amines) is 1. The van der Waals surface area contributed by atoms with Gasteiger partial charge in [0, 0.05) is 19.1 Å². The van der Waals surface area contributed by atoms with Crippen molar-refractivity contribution in [2.75, 3.05) is 19.6 Å². The molecule has 0 radical (unpaired) electrons. The smallest absolute Gasteiger partial charge is 0.323 e. The maximum absolute atomic E-state index is 12.2. The lowest BCUT2D eigenvalue weighted by Crippen LogP contribution is -2.48. The summed E-state index contributed by atoms with van der Waals surface area (Å²) in [4.78, 5) is 26.1. The number of carbonyl (C=O) groups excluding carboxylic acids is 1. The molecule has 0 aliphatic carbocycles. The van der Waals surface area contributed by atoms with Crippen LogP contribution in [0.5, 0.6) is 0 Å². The van der Waals surface area contributed by atoms with Crippen molar-refractivity contribution < 1.29 is 14.7 Å². The summed E-state index contributed by atoms with van der Waals surface area (Å²) in [5, 5.41) is 8.77. The minimum Gasteiger partial charge on any atom is -0.480 e. The molecule has 1 aliphatic heterocycles. The van der Waals surface area contributed by atoms with Crippen molar-refractivity contribution in [1.82, 2.24) is 9.80 Å². The summed E-state index contributed by atoms with van der Waals surface area (Å²) < 4.78 is 0. The lowest BCUT2D eigenvalue weighted by atomic mass is 10.1. The molecule has 1 heterocycles. The Hall–Kier alpha value is -1.26. The quantitative estimate of drug-likeness (QED) is 0.820. The molecule has 1 atom stereocenters. The van der Waals surface area contributed by atoms with Crippen molar-refractivity contribution >= 4 is 12.0 Å². The summed E-state index contributed by atoms with van der Waals surface area (Å²) >= 11 is 0. The monoisotopic (exact) mass is 242 g/mol. The van der Waals surface area contributed by atoms with Crippen molar-refractivity contribution in [3.8, 4) is 0 Å². The lowest BCUT2D eigenvalue weighted by Gasteiger charge is -2.32. The third kappa shape index (κ3) is 3.91. The van der Waals surface area contributed by atoms with Gasteiger partial charge in [0.2, 0.25) is 0 Å². The highest BCUT2D eigenvalue weighted by Crippen LogP contribution is 2.17. The summed E-state index contributed by atoms with van der Waals surface area (Å²) in [6, 6.07) is 0.0807. The van der Waals surface area contributed by atoms with E-state index in [1.807, 2.05) is 18.7 Å². The van der Waals surface area contributed by atoms with E-state index in [0.717, 1.165) is 32.2 Å². The first-order chi connectivity index (χ1) is 8.06. The maximum atomic E-state index is 12.2. The molecule has 1 aliphatic rings. The fourth-order valence-electron chi connectivity index (χ4n) is 2.22. The minimum atomic E-state index is -0.956. The van der Waals surface area contributed by atoms with Crippen LogP contribution in [0, 0.1) is 0 Å². The molecule has 1 rings (SSSR count). The number of carboxylic acids is 1.